The summed E-state index contributed by atoms with van der Waals surface area (Å²) < 4.78 is 40.2. The Kier molecular flexibility index (Phi) is 12.1. The first-order valence-electron chi connectivity index (χ1n) is 17.0. The number of carboxylic acid groups (broad SMARTS) is 1. The van der Waals surface area contributed by atoms with Crippen molar-refractivity contribution in [1.82, 2.24) is 24.7 Å². The number of aromatic nitrogens is 2. The summed E-state index contributed by atoms with van der Waals surface area (Å²) in [6.07, 6.45) is 3.14. The van der Waals surface area contributed by atoms with Crippen LogP contribution in [0.15, 0.2) is 67.0 Å². The molecule has 2 aliphatic heterocycles. The van der Waals surface area contributed by atoms with E-state index >= 15 is 0 Å². The molecule has 2 saturated heterocycles. The van der Waals surface area contributed by atoms with E-state index in [0.29, 0.717) is 25.3 Å². The van der Waals surface area contributed by atoms with Crippen molar-refractivity contribution >= 4 is 11.9 Å². The molecule has 1 aromatic heterocycles. The Balaban J connectivity index is 0.000000606. The van der Waals surface area contributed by atoms with Crippen LogP contribution in [0.5, 0.6) is 0 Å². The van der Waals surface area contributed by atoms with Crippen molar-refractivity contribution in [3.05, 3.63) is 78.2 Å². The molecule has 1 aliphatic carbocycles. The molecule has 1 saturated carbocycles. The summed E-state index contributed by atoms with van der Waals surface area (Å²) in [5.74, 6) is -2.80. The number of benzene rings is 2. The molecule has 3 atom stereocenters. The summed E-state index contributed by atoms with van der Waals surface area (Å²) in [5.41, 5.74) is 2.40. The van der Waals surface area contributed by atoms with Gasteiger partial charge in [-0.3, -0.25) is 4.79 Å². The monoisotopic (exact) mass is 685 g/mol. The van der Waals surface area contributed by atoms with Crippen LogP contribution in [0.3, 0.4) is 0 Å². The lowest BCUT2D eigenvalue weighted by Gasteiger charge is -2.42. The molecule has 0 spiro atoms. The van der Waals surface area contributed by atoms with Crippen molar-refractivity contribution in [2.24, 2.45) is 0 Å². The molecule has 0 radical (unpaired) electrons. The minimum atomic E-state index is -5.08. The molecule has 0 bridgehead atoms. The van der Waals surface area contributed by atoms with Gasteiger partial charge in [-0.05, 0) is 44.7 Å². The molecular formula is C36H46F3N5O5. The van der Waals surface area contributed by atoms with Crippen molar-refractivity contribution in [2.75, 3.05) is 46.4 Å². The number of imidazole rings is 1. The van der Waals surface area contributed by atoms with Crippen LogP contribution in [-0.2, 0) is 16.0 Å². The van der Waals surface area contributed by atoms with Crippen LogP contribution < -0.4 is 5.32 Å². The Morgan fingerprint density at radius 1 is 1.00 bits per heavy atom. The van der Waals surface area contributed by atoms with Crippen LogP contribution in [0.2, 0.25) is 0 Å². The first kappa shape index (κ1) is 36.5. The maximum Gasteiger partial charge on any atom is 0.490 e. The van der Waals surface area contributed by atoms with Gasteiger partial charge in [0.25, 0.3) is 5.91 Å². The van der Waals surface area contributed by atoms with E-state index in [1.807, 2.05) is 41.3 Å². The molecule has 3 N–H and O–H groups in total. The Hall–Kier alpha value is -3.78. The molecule has 1 amide bonds. The highest BCUT2D eigenvalue weighted by atomic mass is 19.4. The molecule has 3 heterocycles. The van der Waals surface area contributed by atoms with Gasteiger partial charge in [0.05, 0.1) is 30.8 Å². The van der Waals surface area contributed by atoms with Gasteiger partial charge >= 0.3 is 12.1 Å². The number of nitrogens with one attached hydrogen (secondary N) is 1. The Morgan fingerprint density at radius 3 is 2.31 bits per heavy atom. The number of halogens is 3. The number of carboxylic acids is 1. The van der Waals surface area contributed by atoms with Crippen LogP contribution in [0.25, 0.3) is 11.3 Å². The average molecular weight is 686 g/mol. The van der Waals surface area contributed by atoms with E-state index in [2.05, 4.69) is 46.1 Å². The van der Waals surface area contributed by atoms with Crippen molar-refractivity contribution in [1.29, 1.82) is 0 Å². The largest absolute Gasteiger partial charge is 0.490 e. The van der Waals surface area contributed by atoms with E-state index in [9.17, 15) is 23.1 Å². The molecule has 49 heavy (non-hydrogen) atoms. The molecule has 3 fully saturated rings. The zero-order chi connectivity index (χ0) is 35.0. The highest BCUT2D eigenvalue weighted by molar-refractivity contribution is 5.98. The number of nitrogens with zero attached hydrogens (tertiary/aromatic N) is 4. The number of amides is 1. The second kappa shape index (κ2) is 16.3. The highest BCUT2D eigenvalue weighted by Crippen LogP contribution is 2.41. The lowest BCUT2D eigenvalue weighted by atomic mass is 9.80. The molecule has 6 rings (SSSR count). The summed E-state index contributed by atoms with van der Waals surface area (Å²) in [6.45, 7) is 4.49. The van der Waals surface area contributed by atoms with Gasteiger partial charge in [0, 0.05) is 44.3 Å². The van der Waals surface area contributed by atoms with Gasteiger partial charge in [-0.25, -0.2) is 9.78 Å². The maximum atomic E-state index is 14.3. The number of ether oxygens (including phenoxy) is 1. The van der Waals surface area contributed by atoms with Crippen molar-refractivity contribution in [3.8, 4) is 11.3 Å². The third-order valence-corrected chi connectivity index (χ3v) is 9.74. The number of piperidine rings is 1. The number of likely N-dealkylation sites (tertiary alicyclic amines) is 1. The van der Waals surface area contributed by atoms with Crippen molar-refractivity contribution in [2.45, 2.75) is 74.9 Å². The van der Waals surface area contributed by atoms with Gasteiger partial charge in [-0.2, -0.15) is 13.2 Å². The highest BCUT2D eigenvalue weighted by Gasteiger charge is 2.43. The van der Waals surface area contributed by atoms with Gasteiger partial charge in [0.1, 0.15) is 5.60 Å². The molecule has 10 nitrogen and oxygen atoms in total. The smallest absolute Gasteiger partial charge is 0.475 e. The number of piperazine rings is 1. The number of hydrogen-bond donors (Lipinski definition) is 3. The summed E-state index contributed by atoms with van der Waals surface area (Å²) in [7, 11) is 2.15. The summed E-state index contributed by atoms with van der Waals surface area (Å²) >= 11 is 0. The van der Waals surface area contributed by atoms with Gasteiger partial charge in [-0.1, -0.05) is 73.5 Å². The number of rotatable bonds is 8. The number of carbonyl (C=O) groups is 2. The Labute approximate surface area is 284 Å². The predicted octanol–water partition coefficient (Wildman–Crippen LogP) is 4.80. The maximum absolute atomic E-state index is 14.3. The third-order valence-electron chi connectivity index (χ3n) is 9.74. The average Bonchev–Trinajstić information content (AvgIpc) is 3.54. The topological polar surface area (TPSA) is 120 Å². The van der Waals surface area contributed by atoms with Crippen molar-refractivity contribution < 1.29 is 37.7 Å². The fraction of sp³-hybridized carbons (Fsp3) is 0.528. The summed E-state index contributed by atoms with van der Waals surface area (Å²) in [4.78, 5) is 32.4. The van der Waals surface area contributed by atoms with E-state index in [-0.39, 0.29) is 24.1 Å². The van der Waals surface area contributed by atoms with E-state index in [1.165, 1.54) is 5.56 Å². The minimum Gasteiger partial charge on any atom is -0.475 e. The van der Waals surface area contributed by atoms with Gasteiger partial charge < -0.3 is 34.6 Å². The van der Waals surface area contributed by atoms with E-state index < -0.39 is 17.7 Å². The molecule has 0 unspecified atom stereocenters. The Bertz CT molecular complexity index is 1510. The normalized spacial score (nSPS) is 23.8. The standard InChI is InChI=1S/C34H45N5O3.C2HF3O2/c1-37-19-15-29(16-20-37)42-24-34(41)17-9-8-14-30(34)39-25-36-31(32(39)27-12-6-3-7-13-27)33(40)38-21-18-35-23-28(38)22-26-10-4-2-5-11-26;3-2(4,5)1(6)7/h2-7,10-13,25,28-30,35,41H,8-9,14-24H2,1H3;(H,6,7)/t28-,30-,34-;/m1./s1. The fourth-order valence-electron chi connectivity index (χ4n) is 7.05. The van der Waals surface area contributed by atoms with Crippen LogP contribution in [0.4, 0.5) is 13.2 Å². The number of aliphatic carboxylic acids is 1. The lowest BCUT2D eigenvalue weighted by Crippen LogP contribution is -2.54. The zero-order valence-electron chi connectivity index (χ0n) is 27.8. The second-order valence-corrected chi connectivity index (χ2v) is 13.2. The molecule has 13 heteroatoms. The van der Waals surface area contributed by atoms with Gasteiger partial charge in [-0.15, -0.1) is 0 Å². The van der Waals surface area contributed by atoms with Crippen LogP contribution in [0.1, 0.15) is 60.6 Å². The molecule has 2 aromatic carbocycles. The number of alkyl halides is 3. The van der Waals surface area contributed by atoms with E-state index in [4.69, 9.17) is 19.6 Å². The fourth-order valence-corrected chi connectivity index (χ4v) is 7.05. The summed E-state index contributed by atoms with van der Waals surface area (Å²) in [6, 6.07) is 20.3. The number of aliphatic hydroxyl groups is 1. The molecular weight excluding hydrogens is 639 g/mol. The van der Waals surface area contributed by atoms with Gasteiger partial charge in [0.2, 0.25) is 0 Å². The third kappa shape index (κ3) is 9.27. The van der Waals surface area contributed by atoms with Crippen molar-refractivity contribution in [3.63, 3.8) is 0 Å². The lowest BCUT2D eigenvalue weighted by molar-refractivity contribution is -0.192. The van der Waals surface area contributed by atoms with Gasteiger partial charge in [0.15, 0.2) is 5.69 Å². The van der Waals surface area contributed by atoms with Crippen LogP contribution in [-0.4, -0.2) is 112 Å². The quantitative estimate of drug-likeness (QED) is 0.310. The summed E-state index contributed by atoms with van der Waals surface area (Å²) in [5, 5.41) is 22.8. The number of hydrogen-bond acceptors (Lipinski definition) is 7. The predicted molar refractivity (Wildman–Crippen MR) is 178 cm³/mol. The number of carbonyl (C=O) groups excluding carboxylic acids is 1. The minimum absolute atomic E-state index is 0.0389. The molecule has 3 aliphatic rings. The van der Waals surface area contributed by atoms with E-state index in [1.54, 1.807) is 6.33 Å². The van der Waals surface area contributed by atoms with E-state index in [0.717, 1.165) is 76.0 Å². The zero-order valence-corrected chi connectivity index (χ0v) is 27.8. The second-order valence-electron chi connectivity index (χ2n) is 13.2. The molecule has 266 valence electrons. The SMILES string of the molecule is CN1CCC(OC[C@]2(O)CCCC[C@H]2n2cnc(C(=O)N3CCNC[C@H]3Cc3ccccc3)c2-c2ccccc2)CC1.O=C(O)C(F)(F)F. The van der Waals surface area contributed by atoms with Crippen LogP contribution >= 0.6 is 0 Å². The Morgan fingerprint density at radius 2 is 1.65 bits per heavy atom. The first-order valence-corrected chi connectivity index (χ1v) is 17.0. The molecule has 3 aromatic rings. The van der Waals surface area contributed by atoms with Crippen LogP contribution in [0, 0.1) is 0 Å². The first-order chi connectivity index (χ1) is 23.5.